The fourth-order valence-corrected chi connectivity index (χ4v) is 4.13. The van der Waals surface area contributed by atoms with Crippen molar-refractivity contribution in [3.63, 3.8) is 0 Å². The number of hydrogen-bond donors (Lipinski definition) is 2. The summed E-state index contributed by atoms with van der Waals surface area (Å²) >= 11 is 0. The summed E-state index contributed by atoms with van der Waals surface area (Å²) in [4.78, 5) is 0. The Labute approximate surface area is 193 Å². The minimum atomic E-state index is -0.784. The van der Waals surface area contributed by atoms with Gasteiger partial charge in [-0.15, -0.1) is 0 Å². The van der Waals surface area contributed by atoms with Crippen molar-refractivity contribution < 1.29 is 33.9 Å². The Balaban J connectivity index is 2.00. The van der Waals surface area contributed by atoms with Gasteiger partial charge in [-0.3, -0.25) is 0 Å². The van der Waals surface area contributed by atoms with Gasteiger partial charge in [0, 0.05) is 16.7 Å². The molecule has 2 N–H and O–H groups in total. The number of phenols is 1. The summed E-state index contributed by atoms with van der Waals surface area (Å²) in [5, 5.41) is 20.4. The molecule has 0 aromatic heterocycles. The molecule has 33 heavy (non-hydrogen) atoms. The van der Waals surface area contributed by atoms with Crippen LogP contribution in [0.5, 0.6) is 34.5 Å². The van der Waals surface area contributed by atoms with Crippen molar-refractivity contribution >= 4 is 0 Å². The van der Waals surface area contributed by atoms with Crippen LogP contribution in [0.2, 0.25) is 0 Å². The lowest BCUT2D eigenvalue weighted by molar-refractivity contribution is 0.0108. The van der Waals surface area contributed by atoms with E-state index in [1.54, 1.807) is 26.4 Å². The number of hydrogen-bond acceptors (Lipinski definition) is 7. The number of aryl methyl sites for hydroxylation is 2. The molecule has 174 valence electrons. The third-order valence-corrected chi connectivity index (χ3v) is 5.69. The zero-order chi connectivity index (χ0) is 23.7. The molecule has 0 bridgehead atoms. The van der Waals surface area contributed by atoms with E-state index < -0.39 is 12.2 Å². The number of aliphatic hydroxyl groups excluding tert-OH is 1. The van der Waals surface area contributed by atoms with Crippen LogP contribution in [0.25, 0.3) is 11.1 Å². The summed E-state index contributed by atoms with van der Waals surface area (Å²) < 4.78 is 29.5. The molecule has 3 aromatic carbocycles. The Morgan fingerprint density at radius 3 is 1.82 bits per heavy atom. The van der Waals surface area contributed by atoms with Crippen LogP contribution in [0.4, 0.5) is 0 Å². The number of phenolic OH excluding ortho intramolecular Hbond substituents is 1. The minimum Gasteiger partial charge on any atom is -0.504 e. The second kappa shape index (κ2) is 9.11. The fraction of sp³-hybridized carbons (Fsp3) is 0.308. The SMILES string of the molecule is COc1cc(C2Oc3c(OC)cc(C)cc3-c3cc(C)cc(OC)c3OC2CO)ccc1O. The molecule has 7 nitrogen and oxygen atoms in total. The maximum atomic E-state index is 10.3. The molecule has 0 aliphatic carbocycles. The molecule has 2 unspecified atom stereocenters. The maximum absolute atomic E-state index is 10.3. The summed E-state index contributed by atoms with van der Waals surface area (Å²) in [6.07, 6.45) is -1.52. The molecule has 1 aliphatic rings. The van der Waals surface area contributed by atoms with Gasteiger partial charge in [0.05, 0.1) is 27.9 Å². The lowest BCUT2D eigenvalue weighted by Gasteiger charge is -2.33. The molecule has 0 fully saturated rings. The average Bonchev–Trinajstić information content (AvgIpc) is 2.81. The topological polar surface area (TPSA) is 86.6 Å². The van der Waals surface area contributed by atoms with Gasteiger partial charge in [-0.1, -0.05) is 6.07 Å². The second-order valence-corrected chi connectivity index (χ2v) is 8.00. The molecule has 0 saturated carbocycles. The van der Waals surface area contributed by atoms with Gasteiger partial charge in [0.25, 0.3) is 0 Å². The van der Waals surface area contributed by atoms with Crippen LogP contribution in [0, 0.1) is 13.8 Å². The van der Waals surface area contributed by atoms with Crippen LogP contribution in [-0.4, -0.2) is 44.3 Å². The first-order valence-corrected chi connectivity index (χ1v) is 10.6. The van der Waals surface area contributed by atoms with E-state index in [2.05, 4.69) is 0 Å². The van der Waals surface area contributed by atoms with E-state index in [0.29, 0.717) is 34.3 Å². The van der Waals surface area contributed by atoms with Crippen LogP contribution < -0.4 is 23.7 Å². The first kappa shape index (κ1) is 22.6. The van der Waals surface area contributed by atoms with Gasteiger partial charge in [0.2, 0.25) is 0 Å². The normalized spacial score (nSPS) is 16.9. The molecular formula is C26H28O7. The minimum absolute atomic E-state index is 0.00431. The number of rotatable bonds is 5. The van der Waals surface area contributed by atoms with Crippen molar-refractivity contribution in [3.8, 4) is 45.6 Å². The van der Waals surface area contributed by atoms with Crippen LogP contribution in [0.1, 0.15) is 22.8 Å². The average molecular weight is 453 g/mol. The molecule has 0 radical (unpaired) electrons. The number of benzene rings is 3. The predicted molar refractivity (Wildman–Crippen MR) is 124 cm³/mol. The summed E-state index contributed by atoms with van der Waals surface area (Å²) in [6, 6.07) is 12.7. The standard InChI is InChI=1S/C26H28O7/c1-14-8-17-18-9-15(2)11-22(31-5)26(18)33-24(16-6-7-19(28)20(12-16)29-3)23(13-27)32-25(17)21(10-14)30-4/h6-12,23-24,27-28H,13H2,1-5H3. The second-order valence-electron chi connectivity index (χ2n) is 8.00. The Kier molecular flexibility index (Phi) is 6.24. The summed E-state index contributed by atoms with van der Waals surface area (Å²) in [5.41, 5.74) is 4.20. The highest BCUT2D eigenvalue weighted by atomic mass is 16.6. The van der Waals surface area contributed by atoms with Crippen molar-refractivity contribution in [1.29, 1.82) is 0 Å². The fourth-order valence-electron chi connectivity index (χ4n) is 4.13. The largest absolute Gasteiger partial charge is 0.504 e. The lowest BCUT2D eigenvalue weighted by atomic mass is 9.96. The van der Waals surface area contributed by atoms with Gasteiger partial charge < -0.3 is 33.9 Å². The first-order chi connectivity index (χ1) is 15.9. The number of methoxy groups -OCH3 is 3. The van der Waals surface area contributed by atoms with E-state index in [1.807, 2.05) is 38.1 Å². The van der Waals surface area contributed by atoms with E-state index >= 15 is 0 Å². The molecule has 0 spiro atoms. The Morgan fingerprint density at radius 2 is 1.30 bits per heavy atom. The Bertz CT molecular complexity index is 1170. The smallest absolute Gasteiger partial charge is 0.170 e. The quantitative estimate of drug-likeness (QED) is 0.586. The van der Waals surface area contributed by atoms with E-state index in [4.69, 9.17) is 23.7 Å². The molecule has 1 aliphatic heterocycles. The Morgan fingerprint density at radius 1 is 0.758 bits per heavy atom. The molecule has 0 amide bonds. The van der Waals surface area contributed by atoms with E-state index in [0.717, 1.165) is 22.3 Å². The van der Waals surface area contributed by atoms with Gasteiger partial charge in [0.1, 0.15) is 0 Å². The first-order valence-electron chi connectivity index (χ1n) is 10.6. The predicted octanol–water partition coefficient (Wildman–Crippen LogP) is 4.58. The third-order valence-electron chi connectivity index (χ3n) is 5.69. The summed E-state index contributed by atoms with van der Waals surface area (Å²) in [7, 11) is 4.65. The van der Waals surface area contributed by atoms with Crippen molar-refractivity contribution in [2.45, 2.75) is 26.1 Å². The molecule has 3 aromatic rings. The molecule has 1 heterocycles. The van der Waals surface area contributed by atoms with Gasteiger partial charge in [-0.2, -0.15) is 0 Å². The van der Waals surface area contributed by atoms with Crippen LogP contribution in [0.15, 0.2) is 42.5 Å². The van der Waals surface area contributed by atoms with E-state index in [9.17, 15) is 10.2 Å². The van der Waals surface area contributed by atoms with Gasteiger partial charge in [-0.05, 0) is 61.4 Å². The number of ether oxygens (including phenoxy) is 5. The van der Waals surface area contributed by atoms with Crippen LogP contribution >= 0.6 is 0 Å². The van der Waals surface area contributed by atoms with Gasteiger partial charge in [0.15, 0.2) is 46.7 Å². The zero-order valence-corrected chi connectivity index (χ0v) is 19.3. The monoisotopic (exact) mass is 452 g/mol. The van der Waals surface area contributed by atoms with Crippen molar-refractivity contribution in [3.05, 3.63) is 59.2 Å². The Hall–Kier alpha value is -3.58. The van der Waals surface area contributed by atoms with E-state index in [1.165, 1.54) is 13.2 Å². The number of fused-ring (bicyclic) bond motifs is 3. The highest BCUT2D eigenvalue weighted by Gasteiger charge is 2.34. The number of aliphatic hydroxyl groups is 1. The van der Waals surface area contributed by atoms with Gasteiger partial charge in [-0.25, -0.2) is 0 Å². The summed E-state index contributed by atoms with van der Waals surface area (Å²) in [5.74, 6) is 2.44. The van der Waals surface area contributed by atoms with Crippen molar-refractivity contribution in [2.75, 3.05) is 27.9 Å². The van der Waals surface area contributed by atoms with Crippen molar-refractivity contribution in [1.82, 2.24) is 0 Å². The van der Waals surface area contributed by atoms with Crippen molar-refractivity contribution in [2.24, 2.45) is 0 Å². The van der Waals surface area contributed by atoms with E-state index in [-0.39, 0.29) is 12.4 Å². The molecular weight excluding hydrogens is 424 g/mol. The van der Waals surface area contributed by atoms with Gasteiger partial charge >= 0.3 is 0 Å². The number of aromatic hydroxyl groups is 1. The van der Waals surface area contributed by atoms with Crippen LogP contribution in [-0.2, 0) is 0 Å². The zero-order valence-electron chi connectivity index (χ0n) is 19.3. The highest BCUT2D eigenvalue weighted by Crippen LogP contribution is 2.50. The maximum Gasteiger partial charge on any atom is 0.170 e. The summed E-state index contributed by atoms with van der Waals surface area (Å²) in [6.45, 7) is 3.63. The van der Waals surface area contributed by atoms with Crippen LogP contribution in [0.3, 0.4) is 0 Å². The molecule has 7 heteroatoms. The highest BCUT2D eigenvalue weighted by molar-refractivity contribution is 5.82. The molecule has 2 atom stereocenters. The third kappa shape index (κ3) is 4.12. The lowest BCUT2D eigenvalue weighted by Crippen LogP contribution is -2.34. The molecule has 0 saturated heterocycles. The molecule has 4 rings (SSSR count).